The van der Waals surface area contributed by atoms with Crippen molar-refractivity contribution in [2.24, 2.45) is 5.92 Å². The van der Waals surface area contributed by atoms with Crippen LogP contribution in [0.3, 0.4) is 0 Å². The summed E-state index contributed by atoms with van der Waals surface area (Å²) in [6.07, 6.45) is 2.37. The maximum absolute atomic E-state index is 12.2. The van der Waals surface area contributed by atoms with Crippen LogP contribution >= 0.6 is 0 Å². The molecule has 3 atom stereocenters. The van der Waals surface area contributed by atoms with Crippen molar-refractivity contribution in [3.8, 4) is 0 Å². The Morgan fingerprint density at radius 1 is 1.44 bits per heavy atom. The van der Waals surface area contributed by atoms with E-state index in [1.54, 1.807) is 0 Å². The van der Waals surface area contributed by atoms with Gasteiger partial charge in [0, 0.05) is 25.8 Å². The normalized spacial score (nSPS) is 31.9. The van der Waals surface area contributed by atoms with Crippen LogP contribution in [-0.4, -0.2) is 55.4 Å². The first-order valence-corrected chi connectivity index (χ1v) is 7.81. The first-order chi connectivity index (χ1) is 8.47. The van der Waals surface area contributed by atoms with E-state index in [1.807, 2.05) is 0 Å². The van der Waals surface area contributed by atoms with Crippen LogP contribution in [-0.2, 0) is 19.6 Å². The number of aliphatic carboxylic acids is 1. The summed E-state index contributed by atoms with van der Waals surface area (Å²) in [4.78, 5) is 11.1. The molecule has 0 aromatic heterocycles. The molecular formula is C11H19NO5S. The highest BCUT2D eigenvalue weighted by Crippen LogP contribution is 2.43. The number of fused-ring (bicyclic) bond motifs is 2. The van der Waals surface area contributed by atoms with Crippen LogP contribution in [0.25, 0.3) is 0 Å². The molecule has 0 amide bonds. The summed E-state index contributed by atoms with van der Waals surface area (Å²) in [7, 11) is -1.81. The van der Waals surface area contributed by atoms with Gasteiger partial charge in [-0.05, 0) is 25.7 Å². The molecule has 0 saturated carbocycles. The molecule has 18 heavy (non-hydrogen) atoms. The number of sulfonamides is 1. The lowest BCUT2D eigenvalue weighted by atomic mass is 9.89. The van der Waals surface area contributed by atoms with Gasteiger partial charge in [-0.2, -0.15) is 4.31 Å². The van der Waals surface area contributed by atoms with E-state index in [1.165, 1.54) is 11.4 Å². The van der Waals surface area contributed by atoms with Crippen molar-refractivity contribution >= 4 is 16.0 Å². The van der Waals surface area contributed by atoms with Gasteiger partial charge in [0.1, 0.15) is 0 Å². The molecule has 2 aliphatic rings. The maximum atomic E-state index is 12.2. The van der Waals surface area contributed by atoms with E-state index >= 15 is 0 Å². The van der Waals surface area contributed by atoms with Crippen LogP contribution in [0, 0.1) is 5.92 Å². The number of hydrogen-bond acceptors (Lipinski definition) is 4. The molecule has 0 spiro atoms. The van der Waals surface area contributed by atoms with E-state index in [-0.39, 0.29) is 17.8 Å². The zero-order valence-electron chi connectivity index (χ0n) is 10.4. The van der Waals surface area contributed by atoms with Crippen LogP contribution in [0.2, 0.25) is 0 Å². The summed E-state index contributed by atoms with van der Waals surface area (Å²) in [6, 6.07) is -0.441. The van der Waals surface area contributed by atoms with Crippen LogP contribution in [0.15, 0.2) is 0 Å². The van der Waals surface area contributed by atoms with E-state index in [0.29, 0.717) is 25.9 Å². The highest BCUT2D eigenvalue weighted by atomic mass is 32.2. The number of methoxy groups -OCH3 is 1. The summed E-state index contributed by atoms with van der Waals surface area (Å²) in [5, 5.41) is 9.09. The van der Waals surface area contributed by atoms with Gasteiger partial charge in [-0.25, -0.2) is 8.42 Å². The third-order valence-electron chi connectivity index (χ3n) is 3.86. The van der Waals surface area contributed by atoms with Crippen LogP contribution < -0.4 is 0 Å². The minimum atomic E-state index is -3.34. The molecule has 2 fully saturated rings. The zero-order chi connectivity index (χ0) is 13.3. The molecule has 0 aromatic carbocycles. The quantitative estimate of drug-likeness (QED) is 0.705. The molecule has 2 heterocycles. The predicted octanol–water partition coefficient (Wildman–Crippen LogP) is 0.290. The number of carboxylic acids is 1. The van der Waals surface area contributed by atoms with Gasteiger partial charge in [0.15, 0.2) is 0 Å². The van der Waals surface area contributed by atoms with E-state index in [9.17, 15) is 13.2 Å². The highest BCUT2D eigenvalue weighted by molar-refractivity contribution is 7.89. The summed E-state index contributed by atoms with van der Waals surface area (Å²) >= 11 is 0. The Kier molecular flexibility index (Phi) is 3.93. The Morgan fingerprint density at radius 2 is 2.17 bits per heavy atom. The molecule has 2 saturated heterocycles. The standard InChI is InChI=1S/C11H19NO5S/c1-17-5-2-6-18(15,16)12-8-3-4-10(12)9(7-8)11(13)14/h8-10H,2-7H2,1H3,(H,13,14). The average molecular weight is 277 g/mol. The minimum absolute atomic E-state index is 0.0418. The number of nitrogens with zero attached hydrogens (tertiary/aromatic N) is 1. The molecule has 6 nitrogen and oxygen atoms in total. The SMILES string of the molecule is COCCCS(=O)(=O)N1C2CCC1C(C(=O)O)C2. The average Bonchev–Trinajstić information content (AvgIpc) is 2.86. The van der Waals surface area contributed by atoms with Gasteiger partial charge in [0.05, 0.1) is 11.7 Å². The van der Waals surface area contributed by atoms with E-state index in [4.69, 9.17) is 9.84 Å². The fourth-order valence-corrected chi connectivity index (χ4v) is 5.13. The lowest BCUT2D eigenvalue weighted by Crippen LogP contribution is -2.39. The second-order valence-electron chi connectivity index (χ2n) is 4.97. The van der Waals surface area contributed by atoms with Gasteiger partial charge in [-0.1, -0.05) is 0 Å². The summed E-state index contributed by atoms with van der Waals surface area (Å²) < 4.78 is 30.7. The third-order valence-corrected chi connectivity index (χ3v) is 5.88. The number of ether oxygens (including phenoxy) is 1. The number of rotatable bonds is 6. The van der Waals surface area contributed by atoms with Gasteiger partial charge in [0.2, 0.25) is 10.0 Å². The predicted molar refractivity (Wildman–Crippen MR) is 64.7 cm³/mol. The van der Waals surface area contributed by atoms with Gasteiger partial charge in [-0.3, -0.25) is 4.79 Å². The molecule has 1 N–H and O–H groups in total. The maximum Gasteiger partial charge on any atom is 0.308 e. The summed E-state index contributed by atoms with van der Waals surface area (Å²) in [5.74, 6) is -1.36. The van der Waals surface area contributed by atoms with E-state index in [2.05, 4.69) is 0 Å². The lowest BCUT2D eigenvalue weighted by molar-refractivity contribution is -0.142. The second-order valence-corrected chi connectivity index (χ2v) is 6.96. The fourth-order valence-electron chi connectivity index (χ4n) is 3.13. The number of hydrogen-bond donors (Lipinski definition) is 1. The summed E-state index contributed by atoms with van der Waals surface area (Å²) in [6.45, 7) is 0.408. The van der Waals surface area contributed by atoms with Gasteiger partial charge in [0.25, 0.3) is 0 Å². The van der Waals surface area contributed by atoms with Crippen molar-refractivity contribution in [2.45, 2.75) is 37.8 Å². The minimum Gasteiger partial charge on any atom is -0.481 e. The molecule has 0 aromatic rings. The third kappa shape index (κ3) is 2.39. The molecule has 2 rings (SSSR count). The van der Waals surface area contributed by atoms with Crippen molar-refractivity contribution in [1.29, 1.82) is 0 Å². The lowest BCUT2D eigenvalue weighted by Gasteiger charge is -2.22. The zero-order valence-corrected chi connectivity index (χ0v) is 11.2. The number of carbonyl (C=O) groups is 1. The van der Waals surface area contributed by atoms with E-state index in [0.717, 1.165) is 6.42 Å². The Bertz CT molecular complexity index is 421. The van der Waals surface area contributed by atoms with Crippen LogP contribution in [0.1, 0.15) is 25.7 Å². The Balaban J connectivity index is 2.07. The molecule has 0 radical (unpaired) electrons. The first kappa shape index (κ1) is 13.8. The molecule has 2 bridgehead atoms. The molecule has 2 aliphatic heterocycles. The van der Waals surface area contributed by atoms with Crippen LogP contribution in [0.4, 0.5) is 0 Å². The molecular weight excluding hydrogens is 258 g/mol. The fraction of sp³-hybridized carbons (Fsp3) is 0.909. The van der Waals surface area contributed by atoms with Crippen molar-refractivity contribution in [3.63, 3.8) is 0 Å². The van der Waals surface area contributed by atoms with Gasteiger partial charge >= 0.3 is 5.97 Å². The topological polar surface area (TPSA) is 83.9 Å². The molecule has 3 unspecified atom stereocenters. The van der Waals surface area contributed by atoms with E-state index < -0.39 is 21.9 Å². The smallest absolute Gasteiger partial charge is 0.308 e. The largest absolute Gasteiger partial charge is 0.481 e. The van der Waals surface area contributed by atoms with Crippen molar-refractivity contribution in [2.75, 3.05) is 19.5 Å². The van der Waals surface area contributed by atoms with Gasteiger partial charge in [-0.15, -0.1) is 0 Å². The van der Waals surface area contributed by atoms with Crippen molar-refractivity contribution in [1.82, 2.24) is 4.31 Å². The van der Waals surface area contributed by atoms with Gasteiger partial charge < -0.3 is 9.84 Å². The van der Waals surface area contributed by atoms with Crippen LogP contribution in [0.5, 0.6) is 0 Å². The molecule has 104 valence electrons. The van der Waals surface area contributed by atoms with Crippen molar-refractivity contribution in [3.05, 3.63) is 0 Å². The second kappa shape index (κ2) is 5.14. The monoisotopic (exact) mass is 277 g/mol. The molecule has 0 aliphatic carbocycles. The van der Waals surface area contributed by atoms with Crippen molar-refractivity contribution < 1.29 is 23.1 Å². The Hall–Kier alpha value is -0.660. The number of carboxylic acid groups (broad SMARTS) is 1. The first-order valence-electron chi connectivity index (χ1n) is 6.20. The summed E-state index contributed by atoms with van der Waals surface area (Å²) in [5.41, 5.74) is 0. The highest BCUT2D eigenvalue weighted by Gasteiger charge is 2.53. The Morgan fingerprint density at radius 3 is 2.72 bits per heavy atom. The molecule has 7 heteroatoms. The Labute approximate surface area is 107 Å².